The Morgan fingerprint density at radius 3 is 2.27 bits per heavy atom. The molecule has 0 aliphatic carbocycles. The fraction of sp³-hybridized carbons (Fsp3) is 0.300. The van der Waals surface area contributed by atoms with Crippen molar-refractivity contribution < 1.29 is 14.7 Å². The van der Waals surface area contributed by atoms with Crippen molar-refractivity contribution in [3.63, 3.8) is 0 Å². The molecule has 6 nitrogen and oxygen atoms in total. The number of aromatic carboxylic acids is 1. The van der Waals surface area contributed by atoms with Crippen LogP contribution in [-0.4, -0.2) is 30.2 Å². The maximum atomic E-state index is 12.1. The Labute approximate surface area is 152 Å². The lowest BCUT2D eigenvalue weighted by atomic mass is 10.1. The van der Waals surface area contributed by atoms with Gasteiger partial charge in [-0.3, -0.25) is 0 Å². The standard InChI is InChI=1S/C20H23N3O3/c24-19(25)16-9-7-15(8-10-16)13-21-20(26)22-14-17-5-1-2-6-18(17)23-11-3-4-12-23/h1-2,5-10H,3-4,11-14H2,(H,24,25)(H2,21,22,26). The number of nitrogens with one attached hydrogen (secondary N) is 2. The highest BCUT2D eigenvalue weighted by Crippen LogP contribution is 2.24. The number of urea groups is 1. The number of benzene rings is 2. The van der Waals surface area contributed by atoms with E-state index in [-0.39, 0.29) is 11.6 Å². The van der Waals surface area contributed by atoms with Crippen LogP contribution in [0.25, 0.3) is 0 Å². The molecule has 6 heteroatoms. The number of carbonyl (C=O) groups is 2. The Balaban J connectivity index is 1.50. The minimum atomic E-state index is -0.959. The summed E-state index contributed by atoms with van der Waals surface area (Å²) in [5.74, 6) is -0.959. The van der Waals surface area contributed by atoms with Gasteiger partial charge < -0.3 is 20.6 Å². The van der Waals surface area contributed by atoms with Crippen LogP contribution in [0, 0.1) is 0 Å². The normalized spacial score (nSPS) is 13.5. The molecule has 0 aromatic heterocycles. The van der Waals surface area contributed by atoms with Crippen molar-refractivity contribution in [1.82, 2.24) is 10.6 Å². The van der Waals surface area contributed by atoms with Crippen LogP contribution in [0.2, 0.25) is 0 Å². The highest BCUT2D eigenvalue weighted by Gasteiger charge is 2.15. The molecule has 3 N–H and O–H groups in total. The van der Waals surface area contributed by atoms with Crippen LogP contribution < -0.4 is 15.5 Å². The van der Waals surface area contributed by atoms with E-state index >= 15 is 0 Å². The summed E-state index contributed by atoms with van der Waals surface area (Å²) in [6.45, 7) is 2.95. The first-order valence-corrected chi connectivity index (χ1v) is 8.80. The van der Waals surface area contributed by atoms with Crippen LogP contribution in [0.1, 0.15) is 34.3 Å². The third-order valence-electron chi connectivity index (χ3n) is 4.53. The number of hydrogen-bond donors (Lipinski definition) is 3. The molecule has 1 fully saturated rings. The molecule has 1 aliphatic heterocycles. The van der Waals surface area contributed by atoms with Crippen molar-refractivity contribution in [2.75, 3.05) is 18.0 Å². The zero-order chi connectivity index (χ0) is 18.4. The molecule has 1 saturated heterocycles. The van der Waals surface area contributed by atoms with Crippen molar-refractivity contribution in [2.45, 2.75) is 25.9 Å². The number of carbonyl (C=O) groups excluding carboxylic acids is 1. The number of amides is 2. The summed E-state index contributed by atoms with van der Waals surface area (Å²) in [6.07, 6.45) is 2.42. The first-order valence-electron chi connectivity index (χ1n) is 8.80. The van der Waals surface area contributed by atoms with Crippen LogP contribution in [0.4, 0.5) is 10.5 Å². The number of nitrogens with zero attached hydrogens (tertiary/aromatic N) is 1. The van der Waals surface area contributed by atoms with Crippen molar-refractivity contribution in [3.05, 3.63) is 65.2 Å². The smallest absolute Gasteiger partial charge is 0.335 e. The molecule has 0 atom stereocenters. The van der Waals surface area contributed by atoms with Crippen molar-refractivity contribution >= 4 is 17.7 Å². The number of carboxylic acid groups (broad SMARTS) is 1. The summed E-state index contributed by atoms with van der Waals surface area (Å²) < 4.78 is 0. The second-order valence-corrected chi connectivity index (χ2v) is 6.36. The summed E-state index contributed by atoms with van der Waals surface area (Å²) in [7, 11) is 0. The van der Waals surface area contributed by atoms with E-state index in [1.165, 1.54) is 30.7 Å². The highest BCUT2D eigenvalue weighted by molar-refractivity contribution is 5.87. The van der Waals surface area contributed by atoms with E-state index in [2.05, 4.69) is 21.6 Å². The van der Waals surface area contributed by atoms with Crippen LogP contribution in [0.5, 0.6) is 0 Å². The molecule has 0 spiro atoms. The van der Waals surface area contributed by atoms with E-state index in [4.69, 9.17) is 5.11 Å². The second-order valence-electron chi connectivity index (χ2n) is 6.36. The highest BCUT2D eigenvalue weighted by atomic mass is 16.4. The molecule has 2 amide bonds. The average Bonchev–Trinajstić information content (AvgIpc) is 3.20. The number of carboxylic acids is 1. The van der Waals surface area contributed by atoms with Crippen LogP contribution in [-0.2, 0) is 13.1 Å². The van der Waals surface area contributed by atoms with Gasteiger partial charge in [-0.15, -0.1) is 0 Å². The van der Waals surface area contributed by atoms with E-state index in [1.807, 2.05) is 18.2 Å². The molecule has 3 rings (SSSR count). The minimum Gasteiger partial charge on any atom is -0.478 e. The fourth-order valence-corrected chi connectivity index (χ4v) is 3.11. The van der Waals surface area contributed by atoms with Gasteiger partial charge in [0.2, 0.25) is 0 Å². The number of hydrogen-bond acceptors (Lipinski definition) is 3. The topological polar surface area (TPSA) is 81.7 Å². The van der Waals surface area contributed by atoms with Gasteiger partial charge in [-0.2, -0.15) is 0 Å². The van der Waals surface area contributed by atoms with Gasteiger partial charge in [0.25, 0.3) is 0 Å². The van der Waals surface area contributed by atoms with Crippen LogP contribution in [0.3, 0.4) is 0 Å². The largest absolute Gasteiger partial charge is 0.478 e. The van der Waals surface area contributed by atoms with Gasteiger partial charge in [0.1, 0.15) is 0 Å². The zero-order valence-corrected chi connectivity index (χ0v) is 14.6. The van der Waals surface area contributed by atoms with Gasteiger partial charge in [-0.1, -0.05) is 30.3 Å². The van der Waals surface area contributed by atoms with Crippen molar-refractivity contribution in [1.29, 1.82) is 0 Å². The summed E-state index contributed by atoms with van der Waals surface area (Å²) in [4.78, 5) is 25.3. The van der Waals surface area contributed by atoms with Gasteiger partial charge in [0.15, 0.2) is 0 Å². The van der Waals surface area contributed by atoms with Crippen molar-refractivity contribution in [3.8, 4) is 0 Å². The Bertz CT molecular complexity index is 768. The maximum absolute atomic E-state index is 12.1. The predicted molar refractivity (Wildman–Crippen MR) is 100 cm³/mol. The number of rotatable bonds is 6. The third kappa shape index (κ3) is 4.53. The van der Waals surface area contributed by atoms with Gasteiger partial charge in [0.05, 0.1) is 5.56 Å². The van der Waals surface area contributed by atoms with E-state index in [0.29, 0.717) is 13.1 Å². The number of anilines is 1. The van der Waals surface area contributed by atoms with Gasteiger partial charge in [-0.05, 0) is 42.2 Å². The Kier molecular flexibility index (Phi) is 5.73. The summed E-state index contributed by atoms with van der Waals surface area (Å²) in [5.41, 5.74) is 3.38. The lowest BCUT2D eigenvalue weighted by Crippen LogP contribution is -2.35. The molecule has 1 heterocycles. The molecule has 0 unspecified atom stereocenters. The first-order chi connectivity index (χ1) is 12.6. The quantitative estimate of drug-likeness (QED) is 0.746. The predicted octanol–water partition coefficient (Wildman–Crippen LogP) is 2.98. The molecule has 2 aromatic carbocycles. The molecule has 2 aromatic rings. The molecule has 136 valence electrons. The molecule has 26 heavy (non-hydrogen) atoms. The molecular weight excluding hydrogens is 330 g/mol. The summed E-state index contributed by atoms with van der Waals surface area (Å²) in [5, 5.41) is 14.6. The Morgan fingerprint density at radius 2 is 1.58 bits per heavy atom. The maximum Gasteiger partial charge on any atom is 0.335 e. The van der Waals surface area contributed by atoms with Gasteiger partial charge in [0, 0.05) is 31.9 Å². The van der Waals surface area contributed by atoms with Gasteiger partial charge in [-0.25, -0.2) is 9.59 Å². The average molecular weight is 353 g/mol. The lowest BCUT2D eigenvalue weighted by molar-refractivity contribution is 0.0697. The molecule has 0 saturated carbocycles. The Hall–Kier alpha value is -3.02. The minimum absolute atomic E-state index is 0.233. The first kappa shape index (κ1) is 17.8. The Morgan fingerprint density at radius 1 is 0.923 bits per heavy atom. The third-order valence-corrected chi connectivity index (χ3v) is 4.53. The van der Waals surface area contributed by atoms with Gasteiger partial charge >= 0.3 is 12.0 Å². The molecule has 0 radical (unpaired) electrons. The molecular formula is C20H23N3O3. The van der Waals surface area contributed by atoms with Crippen LogP contribution >= 0.6 is 0 Å². The lowest BCUT2D eigenvalue weighted by Gasteiger charge is -2.21. The second kappa shape index (κ2) is 8.38. The van der Waals surface area contributed by atoms with E-state index < -0.39 is 5.97 Å². The van der Waals surface area contributed by atoms with E-state index in [9.17, 15) is 9.59 Å². The van der Waals surface area contributed by atoms with E-state index in [1.54, 1.807) is 12.1 Å². The molecule has 1 aliphatic rings. The number of para-hydroxylation sites is 1. The van der Waals surface area contributed by atoms with E-state index in [0.717, 1.165) is 24.2 Å². The summed E-state index contributed by atoms with van der Waals surface area (Å²) >= 11 is 0. The van der Waals surface area contributed by atoms with Crippen molar-refractivity contribution in [2.24, 2.45) is 0 Å². The van der Waals surface area contributed by atoms with Crippen LogP contribution in [0.15, 0.2) is 48.5 Å². The monoisotopic (exact) mass is 353 g/mol. The zero-order valence-electron chi connectivity index (χ0n) is 14.6. The molecule has 0 bridgehead atoms. The summed E-state index contributed by atoms with van der Waals surface area (Å²) in [6, 6.07) is 14.4. The fourth-order valence-electron chi connectivity index (χ4n) is 3.11. The SMILES string of the molecule is O=C(NCc1ccc(C(=O)O)cc1)NCc1ccccc1N1CCCC1.